The predicted octanol–water partition coefficient (Wildman–Crippen LogP) is 0.774. The van der Waals surface area contributed by atoms with E-state index in [2.05, 4.69) is 0 Å². The van der Waals surface area contributed by atoms with Crippen molar-refractivity contribution >= 4 is 19.9 Å². The highest BCUT2D eigenvalue weighted by Gasteiger charge is 2.36. The Balaban J connectivity index is 2.10. The predicted molar refractivity (Wildman–Crippen MR) is 73.8 cm³/mol. The first-order valence-electron chi connectivity index (χ1n) is 6.09. The third-order valence-electron chi connectivity index (χ3n) is 3.37. The van der Waals surface area contributed by atoms with Crippen LogP contribution < -0.4 is 0 Å². The maximum Gasteiger partial charge on any atom is 0.218 e. The van der Waals surface area contributed by atoms with E-state index in [0.717, 1.165) is 6.26 Å². The molecule has 112 valence electrons. The monoisotopic (exact) mass is 321 g/mol. The second-order valence-electron chi connectivity index (χ2n) is 4.98. The van der Waals surface area contributed by atoms with Crippen LogP contribution in [0.3, 0.4) is 0 Å². The van der Waals surface area contributed by atoms with Crippen LogP contribution in [0.5, 0.6) is 0 Å². The summed E-state index contributed by atoms with van der Waals surface area (Å²) in [5.74, 6) is -0.673. The van der Waals surface area contributed by atoms with Crippen molar-refractivity contribution in [1.82, 2.24) is 4.31 Å². The first-order chi connectivity index (χ1) is 9.18. The molecule has 1 fully saturated rings. The van der Waals surface area contributed by atoms with Crippen LogP contribution in [-0.4, -0.2) is 45.7 Å². The van der Waals surface area contributed by atoms with Crippen LogP contribution in [0, 0.1) is 5.82 Å². The minimum Gasteiger partial charge on any atom is -0.229 e. The summed E-state index contributed by atoms with van der Waals surface area (Å²) in [5, 5.41) is -0.634. The second kappa shape index (κ2) is 5.42. The molecular formula is C12H16FNO4S2. The number of sulfonamides is 1. The summed E-state index contributed by atoms with van der Waals surface area (Å²) in [5.41, 5.74) is 0.481. The summed E-state index contributed by atoms with van der Waals surface area (Å²) in [4.78, 5) is 0. The fraction of sp³-hybridized carbons (Fsp3) is 0.500. The van der Waals surface area contributed by atoms with E-state index in [9.17, 15) is 21.2 Å². The lowest BCUT2D eigenvalue weighted by molar-refractivity contribution is 0.476. The molecule has 0 spiro atoms. The van der Waals surface area contributed by atoms with Crippen LogP contribution in [0.2, 0.25) is 0 Å². The summed E-state index contributed by atoms with van der Waals surface area (Å²) in [6.45, 7) is 0.212. The zero-order valence-electron chi connectivity index (χ0n) is 11.0. The van der Waals surface area contributed by atoms with Gasteiger partial charge in [-0.05, 0) is 24.1 Å². The van der Waals surface area contributed by atoms with Gasteiger partial charge in [0.25, 0.3) is 0 Å². The topological polar surface area (TPSA) is 71.5 Å². The molecule has 1 atom stereocenters. The van der Waals surface area contributed by atoms with Crippen LogP contribution >= 0.6 is 0 Å². The summed E-state index contributed by atoms with van der Waals surface area (Å²) < 4.78 is 61.2. The Bertz CT molecular complexity index is 683. The van der Waals surface area contributed by atoms with E-state index in [-0.39, 0.29) is 18.8 Å². The van der Waals surface area contributed by atoms with E-state index in [1.54, 1.807) is 0 Å². The highest BCUT2D eigenvalue weighted by atomic mass is 32.2. The molecule has 20 heavy (non-hydrogen) atoms. The summed E-state index contributed by atoms with van der Waals surface area (Å²) in [6.07, 6.45) is 1.44. The first kappa shape index (κ1) is 15.4. The van der Waals surface area contributed by atoms with Crippen molar-refractivity contribution in [1.29, 1.82) is 0 Å². The molecule has 0 unspecified atom stereocenters. The molecule has 0 radical (unpaired) electrons. The Morgan fingerprint density at radius 1 is 1.20 bits per heavy atom. The lowest BCUT2D eigenvalue weighted by Crippen LogP contribution is -2.32. The number of rotatable bonds is 4. The van der Waals surface area contributed by atoms with Crippen molar-refractivity contribution < 1.29 is 21.2 Å². The number of hydrogen-bond acceptors (Lipinski definition) is 4. The molecule has 0 N–H and O–H groups in total. The lowest BCUT2D eigenvalue weighted by atomic mass is 10.2. The first-order valence-corrected chi connectivity index (χ1v) is 9.66. The molecule has 0 bridgehead atoms. The van der Waals surface area contributed by atoms with Gasteiger partial charge in [-0.3, -0.25) is 0 Å². The van der Waals surface area contributed by atoms with Gasteiger partial charge in [-0.2, -0.15) is 0 Å². The Hall–Kier alpha value is -0.990. The highest BCUT2D eigenvalue weighted by Crippen LogP contribution is 2.21. The average molecular weight is 321 g/mol. The van der Waals surface area contributed by atoms with Gasteiger partial charge in [0.05, 0.1) is 11.0 Å². The molecule has 0 amide bonds. The van der Waals surface area contributed by atoms with Gasteiger partial charge in [-0.1, -0.05) is 12.1 Å². The molecular weight excluding hydrogens is 305 g/mol. The fourth-order valence-electron chi connectivity index (χ4n) is 2.18. The largest absolute Gasteiger partial charge is 0.229 e. The van der Waals surface area contributed by atoms with Crippen LogP contribution in [0.1, 0.15) is 12.0 Å². The molecule has 0 aliphatic carbocycles. The van der Waals surface area contributed by atoms with Crippen molar-refractivity contribution in [3.8, 4) is 0 Å². The molecule has 1 aliphatic rings. The van der Waals surface area contributed by atoms with Crippen LogP contribution in [0.15, 0.2) is 24.3 Å². The molecule has 1 heterocycles. The molecule has 0 saturated carbocycles. The molecule has 2 rings (SSSR count). The lowest BCUT2D eigenvalue weighted by Gasteiger charge is -2.16. The van der Waals surface area contributed by atoms with E-state index >= 15 is 0 Å². The third kappa shape index (κ3) is 3.56. The van der Waals surface area contributed by atoms with Gasteiger partial charge in [0.1, 0.15) is 5.82 Å². The van der Waals surface area contributed by atoms with Gasteiger partial charge in [0.15, 0.2) is 9.84 Å². The Morgan fingerprint density at radius 2 is 1.80 bits per heavy atom. The molecule has 0 aromatic heterocycles. The molecule has 5 nitrogen and oxygen atoms in total. The number of hydrogen-bond donors (Lipinski definition) is 0. The third-order valence-corrected chi connectivity index (χ3v) is 6.78. The number of nitrogens with zero attached hydrogens (tertiary/aromatic N) is 1. The standard InChI is InChI=1S/C12H16FNO4S2/c1-19(15,16)12-6-7-14(8-12)20(17,18)9-10-2-4-11(13)5-3-10/h2-5,12H,6-9H2,1H3/t12-/m0/s1. The fourth-order valence-corrected chi connectivity index (χ4v) is 4.85. The van der Waals surface area contributed by atoms with Crippen molar-refractivity contribution in [2.45, 2.75) is 17.4 Å². The van der Waals surface area contributed by atoms with Gasteiger partial charge in [0.2, 0.25) is 10.0 Å². The summed E-state index contributed by atoms with van der Waals surface area (Å²) in [7, 11) is -6.80. The number of sulfone groups is 1. The zero-order chi connectivity index (χ0) is 15.0. The maximum absolute atomic E-state index is 12.8. The van der Waals surface area contributed by atoms with E-state index in [1.165, 1.54) is 28.6 Å². The van der Waals surface area contributed by atoms with Gasteiger partial charge in [-0.15, -0.1) is 0 Å². The van der Waals surface area contributed by atoms with Crippen molar-refractivity contribution in [3.63, 3.8) is 0 Å². The molecule has 8 heteroatoms. The molecule has 1 aliphatic heterocycles. The van der Waals surface area contributed by atoms with Crippen molar-refractivity contribution in [2.24, 2.45) is 0 Å². The van der Waals surface area contributed by atoms with Gasteiger partial charge >= 0.3 is 0 Å². The van der Waals surface area contributed by atoms with Crippen LogP contribution in [0.4, 0.5) is 4.39 Å². The summed E-state index contributed by atoms with van der Waals surface area (Å²) >= 11 is 0. The van der Waals surface area contributed by atoms with E-state index < -0.39 is 30.9 Å². The quantitative estimate of drug-likeness (QED) is 0.821. The van der Waals surface area contributed by atoms with E-state index in [4.69, 9.17) is 0 Å². The average Bonchev–Trinajstić information content (AvgIpc) is 2.82. The normalized spacial score (nSPS) is 21.2. The Labute approximate surface area is 118 Å². The minimum atomic E-state index is -3.57. The van der Waals surface area contributed by atoms with Gasteiger partial charge in [-0.25, -0.2) is 25.5 Å². The van der Waals surface area contributed by atoms with Crippen LogP contribution in [-0.2, 0) is 25.6 Å². The molecule has 1 aromatic rings. The van der Waals surface area contributed by atoms with E-state index in [1.807, 2.05) is 0 Å². The molecule has 1 saturated heterocycles. The number of benzene rings is 1. The zero-order valence-corrected chi connectivity index (χ0v) is 12.6. The summed E-state index contributed by atoms with van der Waals surface area (Å²) in [6, 6.07) is 5.23. The van der Waals surface area contributed by atoms with Crippen LogP contribution in [0.25, 0.3) is 0 Å². The van der Waals surface area contributed by atoms with E-state index in [0.29, 0.717) is 12.0 Å². The maximum atomic E-state index is 12.8. The SMILES string of the molecule is CS(=O)(=O)[C@H]1CCN(S(=O)(=O)Cc2ccc(F)cc2)C1. The second-order valence-corrected chi connectivity index (χ2v) is 9.28. The van der Waals surface area contributed by atoms with Gasteiger partial charge in [0, 0.05) is 19.3 Å². The number of halogens is 1. The Kier molecular flexibility index (Phi) is 4.17. The minimum absolute atomic E-state index is 0.00234. The molecule has 1 aromatic carbocycles. The van der Waals surface area contributed by atoms with Crippen molar-refractivity contribution in [3.05, 3.63) is 35.6 Å². The van der Waals surface area contributed by atoms with Crippen molar-refractivity contribution in [2.75, 3.05) is 19.3 Å². The highest BCUT2D eigenvalue weighted by molar-refractivity contribution is 7.91. The Morgan fingerprint density at radius 3 is 2.30 bits per heavy atom. The smallest absolute Gasteiger partial charge is 0.218 e. The van der Waals surface area contributed by atoms with Gasteiger partial charge < -0.3 is 0 Å².